The number of nitrogens with zero attached hydrogens (tertiary/aromatic N) is 2. The van der Waals surface area contributed by atoms with Gasteiger partial charge in [0.15, 0.2) is 0 Å². The molecule has 1 aromatic carbocycles. The molecular weight excluding hydrogens is 620 g/mol. The first-order valence-corrected chi connectivity index (χ1v) is 19.0. The Bertz CT molecular complexity index is 494. The third-order valence-electron chi connectivity index (χ3n) is 1.90. The van der Waals surface area contributed by atoms with Gasteiger partial charge < -0.3 is 11.1 Å². The number of nitrogens with two attached hydrogens (primary N) is 1. The zero-order valence-electron chi connectivity index (χ0n) is 10.9. The average Bonchev–Trinajstić information content (AvgIpc) is 2.39. The van der Waals surface area contributed by atoms with Gasteiger partial charge in [-0.05, 0) is 18.2 Å². The summed E-state index contributed by atoms with van der Waals surface area (Å²) < 4.78 is 0. The number of benzene rings is 1. The molecule has 1 aromatic heterocycles. The van der Waals surface area contributed by atoms with Gasteiger partial charge in [-0.15, -0.1) is 0 Å². The second-order valence-electron chi connectivity index (χ2n) is 2.94. The molecule has 0 aliphatic heterocycles. The van der Waals surface area contributed by atoms with Gasteiger partial charge in [-0.2, -0.15) is 0 Å². The molecule has 0 radical (unpaired) electrons. The normalized spacial score (nSPS) is 9.21. The van der Waals surface area contributed by atoms with Crippen molar-refractivity contribution < 1.29 is 4.92 Å². The third-order valence-corrected chi connectivity index (χ3v) is 1.90. The first-order chi connectivity index (χ1) is 9.04. The van der Waals surface area contributed by atoms with Crippen molar-refractivity contribution in [2.75, 3.05) is 18.1 Å². The van der Waals surface area contributed by atoms with Gasteiger partial charge in [0.2, 0.25) is 0 Å². The van der Waals surface area contributed by atoms with Crippen LogP contribution in [0.5, 0.6) is 0 Å². The fourth-order valence-electron chi connectivity index (χ4n) is 1.27. The zero-order chi connectivity index (χ0) is 14.8. The Morgan fingerprint density at radius 3 is 2.26 bits per heavy atom. The molecule has 1 heterocycles. The Hall–Kier alpha value is 0.934. The summed E-state index contributed by atoms with van der Waals surface area (Å²) in [4.78, 5) is 7.94. The van der Waals surface area contributed by atoms with Crippen molar-refractivity contribution in [2.24, 2.45) is 0 Å². The third kappa shape index (κ3) is 8.07. The van der Waals surface area contributed by atoms with Crippen molar-refractivity contribution in [3.05, 3.63) is 24.5 Å². The Balaban J connectivity index is 0.000000467. The first kappa shape index (κ1) is 19.9. The van der Waals surface area contributed by atoms with Crippen molar-refractivity contribution in [3.8, 4) is 0 Å². The van der Waals surface area contributed by atoms with Crippen LogP contribution in [-0.4, -0.2) is 17.0 Å². The van der Waals surface area contributed by atoms with Crippen molar-refractivity contribution in [1.29, 1.82) is 0 Å². The molecule has 0 fully saturated rings. The van der Waals surface area contributed by atoms with E-state index >= 15 is 0 Å². The summed E-state index contributed by atoms with van der Waals surface area (Å²) in [6.45, 7) is 4.00. The fourth-order valence-corrected chi connectivity index (χ4v) is 1.27. The van der Waals surface area contributed by atoms with Crippen LogP contribution in [0.1, 0.15) is 13.8 Å². The fraction of sp³-hybridized carbons (Fsp3) is 0.273. The van der Waals surface area contributed by atoms with Gasteiger partial charge in [0, 0.05) is 18.1 Å². The standard InChI is InChI=1S/C9H10N4.C2H6.3HI.V/c1-11-9-7-4-6(10)2-3-8(7)12-5-13-9;1-2;;;;/h2-5H,10H2,1H3,(H,11,12,13);1-2H3;3*1H;/q;;;;;+3/p-3. The summed E-state index contributed by atoms with van der Waals surface area (Å²) in [5, 5.41) is 3.94. The summed E-state index contributed by atoms with van der Waals surface area (Å²) in [6.07, 6.45) is 1.53. The van der Waals surface area contributed by atoms with Crippen LogP contribution in [0.2, 0.25) is 0 Å². The molecule has 0 aliphatic rings. The number of anilines is 2. The molecule has 2 rings (SSSR count). The van der Waals surface area contributed by atoms with Crippen LogP contribution in [0.25, 0.3) is 10.9 Å². The van der Waals surface area contributed by atoms with Gasteiger partial charge in [-0.1, -0.05) is 13.8 Å². The first-order valence-electron chi connectivity index (χ1n) is 5.50. The van der Waals surface area contributed by atoms with Crippen molar-refractivity contribution >= 4 is 82.3 Å². The molecule has 0 spiro atoms. The van der Waals surface area contributed by atoms with Gasteiger partial charge in [0.25, 0.3) is 0 Å². The van der Waals surface area contributed by atoms with E-state index in [1.165, 1.54) is 6.33 Å². The molecule has 8 heteroatoms. The van der Waals surface area contributed by atoms with Crippen LogP contribution in [0, 0.1) is 0 Å². The number of halogens is 3. The van der Waals surface area contributed by atoms with Crippen LogP contribution in [0.15, 0.2) is 24.5 Å². The number of hydrogen-bond donors (Lipinski definition) is 2. The molecular formula is C11H16I3N4V. The van der Waals surface area contributed by atoms with E-state index < -0.39 is 0 Å². The summed E-state index contributed by atoms with van der Waals surface area (Å²) in [7, 11) is 1.82. The molecule has 19 heavy (non-hydrogen) atoms. The number of fused-ring (bicyclic) bond motifs is 1. The topological polar surface area (TPSA) is 63.8 Å². The quantitative estimate of drug-likeness (QED) is 0.345. The second kappa shape index (κ2) is 11.6. The predicted octanol–water partition coefficient (Wildman–Crippen LogP) is 4.93. The van der Waals surface area contributed by atoms with Crippen LogP contribution in [0.4, 0.5) is 11.5 Å². The van der Waals surface area contributed by atoms with Crippen molar-refractivity contribution in [2.45, 2.75) is 13.8 Å². The monoisotopic (exact) mass is 636 g/mol. The Kier molecular flexibility index (Phi) is 12.1. The van der Waals surface area contributed by atoms with Crippen LogP contribution >= 0.6 is 59.9 Å². The molecule has 0 saturated heterocycles. The molecule has 0 atom stereocenters. The minimum absolute atomic E-state index is 0.278. The van der Waals surface area contributed by atoms with Crippen LogP contribution in [-0.2, 0) is 4.92 Å². The molecule has 106 valence electrons. The predicted molar refractivity (Wildman–Crippen MR) is 107 cm³/mol. The van der Waals surface area contributed by atoms with E-state index in [9.17, 15) is 0 Å². The molecule has 0 unspecified atom stereocenters. The number of nitrogen functional groups attached to an aromatic ring is 1. The summed E-state index contributed by atoms with van der Waals surface area (Å²) in [5.74, 6) is 0.803. The maximum atomic E-state index is 5.66. The number of aromatic nitrogens is 2. The van der Waals surface area contributed by atoms with E-state index in [1.807, 2.05) is 39.1 Å². The number of rotatable bonds is 1. The molecule has 0 bridgehead atoms. The van der Waals surface area contributed by atoms with Crippen LogP contribution < -0.4 is 11.1 Å². The van der Waals surface area contributed by atoms with Gasteiger partial charge in [0.05, 0.1) is 5.52 Å². The Labute approximate surface area is 151 Å². The summed E-state index contributed by atoms with van der Waals surface area (Å²) in [5.41, 5.74) is 7.28. The molecule has 3 N–H and O–H groups in total. The second-order valence-corrected chi connectivity index (χ2v) is 38.3. The molecule has 0 amide bonds. The van der Waals surface area contributed by atoms with Crippen molar-refractivity contribution in [1.82, 2.24) is 9.97 Å². The van der Waals surface area contributed by atoms with Gasteiger partial charge >= 0.3 is 64.9 Å². The number of hydrogen-bond acceptors (Lipinski definition) is 4. The summed E-state index contributed by atoms with van der Waals surface area (Å²) in [6, 6.07) is 5.57. The van der Waals surface area contributed by atoms with Crippen molar-refractivity contribution in [3.63, 3.8) is 0 Å². The van der Waals surface area contributed by atoms with Crippen LogP contribution in [0.3, 0.4) is 0 Å². The van der Waals surface area contributed by atoms with Gasteiger partial charge in [0.1, 0.15) is 12.1 Å². The summed E-state index contributed by atoms with van der Waals surface area (Å²) >= 11 is 7.39. The Morgan fingerprint density at radius 1 is 1.16 bits per heavy atom. The van der Waals surface area contributed by atoms with E-state index in [4.69, 9.17) is 5.73 Å². The van der Waals surface area contributed by atoms with E-state index in [0.717, 1.165) is 22.4 Å². The van der Waals surface area contributed by atoms with E-state index in [1.54, 1.807) is 0 Å². The SMILES string of the molecule is CC.CNc1ncnc2ccc(N)cc12.[I][V]([I])[I]. The number of nitrogens with one attached hydrogen (secondary N) is 1. The van der Waals surface area contributed by atoms with Gasteiger partial charge in [-0.25, -0.2) is 9.97 Å². The molecule has 0 aliphatic carbocycles. The molecule has 0 saturated carbocycles. The molecule has 2 aromatic rings. The average molecular weight is 636 g/mol. The Morgan fingerprint density at radius 2 is 1.74 bits per heavy atom. The maximum absolute atomic E-state index is 5.66. The van der Waals surface area contributed by atoms with E-state index in [0.29, 0.717) is 0 Å². The minimum atomic E-state index is -0.278. The molecule has 4 nitrogen and oxygen atoms in total. The van der Waals surface area contributed by atoms with E-state index in [-0.39, 0.29) is 4.92 Å². The van der Waals surface area contributed by atoms with Gasteiger partial charge in [-0.3, -0.25) is 0 Å². The van der Waals surface area contributed by atoms with E-state index in [2.05, 4.69) is 75.2 Å². The zero-order valence-corrected chi connectivity index (χ0v) is 18.7.